The summed E-state index contributed by atoms with van der Waals surface area (Å²) in [5.41, 5.74) is 1.05. The molecule has 21 heavy (non-hydrogen) atoms. The molecule has 0 saturated heterocycles. The second-order valence-electron chi connectivity index (χ2n) is 4.56. The van der Waals surface area contributed by atoms with E-state index in [1.807, 2.05) is 20.2 Å². The van der Waals surface area contributed by atoms with Gasteiger partial charge in [-0.25, -0.2) is 13.1 Å². The fourth-order valence-electron chi connectivity index (χ4n) is 1.80. The van der Waals surface area contributed by atoms with Crippen LogP contribution in [0.3, 0.4) is 0 Å². The first-order chi connectivity index (χ1) is 9.92. The van der Waals surface area contributed by atoms with Crippen molar-refractivity contribution in [3.8, 4) is 0 Å². The van der Waals surface area contributed by atoms with E-state index in [4.69, 9.17) is 0 Å². The zero-order valence-electron chi connectivity index (χ0n) is 11.8. The number of aromatic nitrogens is 2. The zero-order valence-corrected chi connectivity index (χ0v) is 15.0. The lowest BCUT2D eigenvalue weighted by atomic mass is 10.4. The van der Waals surface area contributed by atoms with E-state index in [0.717, 1.165) is 10.4 Å². The summed E-state index contributed by atoms with van der Waals surface area (Å²) in [6.07, 6.45) is 3.62. The van der Waals surface area contributed by atoms with E-state index in [1.165, 1.54) is 11.3 Å². The molecular formula is C12H17BrN4O2S2. The Balaban J connectivity index is 2.01. The predicted molar refractivity (Wildman–Crippen MR) is 86.9 cm³/mol. The lowest BCUT2D eigenvalue weighted by Gasteiger charge is -2.06. The third kappa shape index (κ3) is 4.36. The normalized spacial score (nSPS) is 12.0. The molecule has 0 saturated carbocycles. The molecule has 116 valence electrons. The Morgan fingerprint density at radius 1 is 1.48 bits per heavy atom. The first kappa shape index (κ1) is 16.6. The third-order valence-electron chi connectivity index (χ3n) is 2.74. The SMILES string of the molecule is CNCc1cc(S(=O)(=O)NCCn2cc(C)cn2)c(Br)s1. The minimum absolute atomic E-state index is 0.286. The molecule has 2 aromatic heterocycles. The average Bonchev–Trinajstić information content (AvgIpc) is 2.96. The predicted octanol–water partition coefficient (Wildman–Crippen LogP) is 1.71. The molecule has 2 aromatic rings. The number of hydrogen-bond acceptors (Lipinski definition) is 5. The van der Waals surface area contributed by atoms with Crippen LogP contribution in [-0.2, 0) is 23.1 Å². The largest absolute Gasteiger partial charge is 0.315 e. The second-order valence-corrected chi connectivity index (χ2v) is 8.75. The zero-order chi connectivity index (χ0) is 15.5. The molecule has 9 heteroatoms. The van der Waals surface area contributed by atoms with Crippen molar-refractivity contribution in [1.29, 1.82) is 0 Å². The molecule has 0 aliphatic carbocycles. The number of rotatable bonds is 7. The summed E-state index contributed by atoms with van der Waals surface area (Å²) in [4.78, 5) is 1.25. The Morgan fingerprint density at radius 3 is 2.86 bits per heavy atom. The van der Waals surface area contributed by atoms with E-state index in [1.54, 1.807) is 16.9 Å². The van der Waals surface area contributed by atoms with Crippen LogP contribution in [0.5, 0.6) is 0 Å². The average molecular weight is 393 g/mol. The summed E-state index contributed by atoms with van der Waals surface area (Å²) in [5, 5.41) is 7.13. The highest BCUT2D eigenvalue weighted by molar-refractivity contribution is 9.11. The minimum Gasteiger partial charge on any atom is -0.315 e. The summed E-state index contributed by atoms with van der Waals surface area (Å²) >= 11 is 4.73. The van der Waals surface area contributed by atoms with E-state index in [9.17, 15) is 8.42 Å². The Hall–Kier alpha value is -0.740. The smallest absolute Gasteiger partial charge is 0.242 e. The highest BCUT2D eigenvalue weighted by Crippen LogP contribution is 2.31. The number of nitrogens with one attached hydrogen (secondary N) is 2. The molecule has 0 radical (unpaired) electrons. The maximum Gasteiger partial charge on any atom is 0.242 e. The highest BCUT2D eigenvalue weighted by atomic mass is 79.9. The van der Waals surface area contributed by atoms with Crippen LogP contribution in [0.2, 0.25) is 0 Å². The third-order valence-corrected chi connectivity index (χ3v) is 6.46. The molecule has 2 heterocycles. The van der Waals surface area contributed by atoms with Crippen LogP contribution >= 0.6 is 27.3 Å². The van der Waals surface area contributed by atoms with Crippen LogP contribution in [0, 0.1) is 6.92 Å². The quantitative estimate of drug-likeness (QED) is 0.751. The molecule has 0 spiro atoms. The van der Waals surface area contributed by atoms with Crippen molar-refractivity contribution >= 4 is 37.3 Å². The van der Waals surface area contributed by atoms with Crippen molar-refractivity contribution in [2.75, 3.05) is 13.6 Å². The standard InChI is InChI=1S/C12H17BrN4O2S2/c1-9-6-15-17(8-9)4-3-16-21(18,19)11-5-10(7-14-2)20-12(11)13/h5-6,8,14,16H,3-4,7H2,1-2H3. The van der Waals surface area contributed by atoms with Crippen LogP contribution in [0.4, 0.5) is 0 Å². The molecular weight excluding hydrogens is 376 g/mol. The summed E-state index contributed by atoms with van der Waals surface area (Å²) in [7, 11) is -1.68. The Kier molecular flexibility index (Phi) is 5.55. The lowest BCUT2D eigenvalue weighted by Crippen LogP contribution is -2.27. The van der Waals surface area contributed by atoms with E-state index in [0.29, 0.717) is 23.4 Å². The van der Waals surface area contributed by atoms with Crippen LogP contribution in [0.25, 0.3) is 0 Å². The fraction of sp³-hybridized carbons (Fsp3) is 0.417. The highest BCUT2D eigenvalue weighted by Gasteiger charge is 2.20. The molecule has 0 aliphatic heterocycles. The summed E-state index contributed by atoms with van der Waals surface area (Å²) in [6.45, 7) is 3.39. The van der Waals surface area contributed by atoms with Gasteiger partial charge in [-0.1, -0.05) is 0 Å². The van der Waals surface area contributed by atoms with Gasteiger partial charge in [0.1, 0.15) is 4.90 Å². The molecule has 0 bridgehead atoms. The van der Waals surface area contributed by atoms with Crippen molar-refractivity contribution in [3.05, 3.63) is 32.7 Å². The molecule has 0 atom stereocenters. The summed E-state index contributed by atoms with van der Waals surface area (Å²) in [6, 6.07) is 1.69. The molecule has 0 unspecified atom stereocenters. The molecule has 0 aromatic carbocycles. The lowest BCUT2D eigenvalue weighted by molar-refractivity contribution is 0.560. The van der Waals surface area contributed by atoms with Gasteiger partial charge in [-0.15, -0.1) is 11.3 Å². The van der Waals surface area contributed by atoms with Crippen molar-refractivity contribution in [1.82, 2.24) is 19.8 Å². The maximum absolute atomic E-state index is 12.3. The van der Waals surface area contributed by atoms with Gasteiger partial charge in [0.15, 0.2) is 0 Å². The minimum atomic E-state index is -3.51. The topological polar surface area (TPSA) is 76.0 Å². The molecule has 2 N–H and O–H groups in total. The maximum atomic E-state index is 12.3. The van der Waals surface area contributed by atoms with Crippen LogP contribution in [0.1, 0.15) is 10.4 Å². The van der Waals surface area contributed by atoms with Crippen LogP contribution in [0.15, 0.2) is 27.1 Å². The van der Waals surface area contributed by atoms with Gasteiger partial charge in [0.25, 0.3) is 0 Å². The Labute approximate surface area is 136 Å². The first-order valence-electron chi connectivity index (χ1n) is 6.34. The first-order valence-corrected chi connectivity index (χ1v) is 9.43. The van der Waals surface area contributed by atoms with Gasteiger partial charge in [-0.2, -0.15) is 5.10 Å². The van der Waals surface area contributed by atoms with Gasteiger partial charge in [-0.3, -0.25) is 4.68 Å². The summed E-state index contributed by atoms with van der Waals surface area (Å²) in [5.74, 6) is 0. The van der Waals surface area contributed by atoms with Crippen molar-refractivity contribution in [3.63, 3.8) is 0 Å². The van der Waals surface area contributed by atoms with Crippen molar-refractivity contribution < 1.29 is 8.42 Å². The van der Waals surface area contributed by atoms with Gasteiger partial charge >= 0.3 is 0 Å². The van der Waals surface area contributed by atoms with Crippen molar-refractivity contribution in [2.24, 2.45) is 0 Å². The number of halogens is 1. The Bertz CT molecular complexity index is 709. The van der Waals surface area contributed by atoms with Gasteiger partial charge < -0.3 is 5.32 Å². The fourth-order valence-corrected chi connectivity index (χ4v) is 5.52. The van der Waals surface area contributed by atoms with E-state index >= 15 is 0 Å². The van der Waals surface area contributed by atoms with Gasteiger partial charge in [0.05, 0.1) is 16.5 Å². The van der Waals surface area contributed by atoms with E-state index < -0.39 is 10.0 Å². The molecule has 6 nitrogen and oxygen atoms in total. The van der Waals surface area contributed by atoms with Crippen LogP contribution in [-0.4, -0.2) is 31.8 Å². The number of hydrogen-bond donors (Lipinski definition) is 2. The van der Waals surface area contributed by atoms with Gasteiger partial charge in [0, 0.05) is 24.2 Å². The molecule has 2 rings (SSSR count). The monoisotopic (exact) mass is 392 g/mol. The number of nitrogens with zero attached hydrogens (tertiary/aromatic N) is 2. The van der Waals surface area contributed by atoms with Gasteiger partial charge in [0.2, 0.25) is 10.0 Å². The number of aryl methyl sites for hydroxylation is 1. The van der Waals surface area contributed by atoms with E-state index in [2.05, 4.69) is 31.1 Å². The molecule has 0 aliphatic rings. The van der Waals surface area contributed by atoms with Gasteiger partial charge in [-0.05, 0) is 41.5 Å². The van der Waals surface area contributed by atoms with E-state index in [-0.39, 0.29) is 4.90 Å². The number of sulfonamides is 1. The molecule has 0 amide bonds. The van der Waals surface area contributed by atoms with Crippen molar-refractivity contribution in [2.45, 2.75) is 24.9 Å². The molecule has 0 fully saturated rings. The summed E-state index contributed by atoms with van der Waals surface area (Å²) < 4.78 is 29.5. The Morgan fingerprint density at radius 2 is 2.24 bits per heavy atom. The number of thiophene rings is 1. The van der Waals surface area contributed by atoms with Crippen LogP contribution < -0.4 is 10.0 Å². The second kappa shape index (κ2) is 7.01.